The number of aromatic amines is 1. The van der Waals surface area contributed by atoms with Gasteiger partial charge in [0.25, 0.3) is 0 Å². The fraction of sp³-hybridized carbons (Fsp3) is 0.273. The van der Waals surface area contributed by atoms with Crippen LogP contribution in [0.25, 0.3) is 11.3 Å². The fourth-order valence-electron chi connectivity index (χ4n) is 1.30. The SMILES string of the molecule is NCCCSc1ncc(-c2cccnc2)[nH]1. The van der Waals surface area contributed by atoms with Gasteiger partial charge in [-0.1, -0.05) is 11.8 Å². The number of thioether (sulfide) groups is 1. The number of nitrogens with two attached hydrogens (primary N) is 1. The summed E-state index contributed by atoms with van der Waals surface area (Å²) >= 11 is 1.69. The van der Waals surface area contributed by atoms with Crippen LogP contribution in [0.5, 0.6) is 0 Å². The van der Waals surface area contributed by atoms with Gasteiger partial charge < -0.3 is 10.7 Å². The summed E-state index contributed by atoms with van der Waals surface area (Å²) < 4.78 is 0. The number of hydrogen-bond donors (Lipinski definition) is 2. The second-order valence-corrected chi connectivity index (χ2v) is 4.42. The van der Waals surface area contributed by atoms with Crippen LogP contribution < -0.4 is 5.73 Å². The first-order chi connectivity index (χ1) is 7.90. The molecule has 0 bridgehead atoms. The Morgan fingerprint density at radius 1 is 1.38 bits per heavy atom. The molecule has 0 aliphatic heterocycles. The summed E-state index contributed by atoms with van der Waals surface area (Å²) in [7, 11) is 0. The molecule has 84 valence electrons. The largest absolute Gasteiger partial charge is 0.333 e. The van der Waals surface area contributed by atoms with Crippen molar-refractivity contribution in [3.63, 3.8) is 0 Å². The van der Waals surface area contributed by atoms with E-state index in [4.69, 9.17) is 5.73 Å². The highest BCUT2D eigenvalue weighted by Gasteiger charge is 2.02. The predicted molar refractivity (Wildman–Crippen MR) is 66.2 cm³/mol. The van der Waals surface area contributed by atoms with Gasteiger partial charge in [0, 0.05) is 23.7 Å². The third kappa shape index (κ3) is 2.84. The van der Waals surface area contributed by atoms with Gasteiger partial charge in [0.2, 0.25) is 0 Å². The maximum Gasteiger partial charge on any atom is 0.165 e. The molecule has 0 aliphatic rings. The Hall–Kier alpha value is -1.33. The Morgan fingerprint density at radius 2 is 2.31 bits per heavy atom. The molecule has 2 aromatic heterocycles. The Labute approximate surface area is 98.7 Å². The van der Waals surface area contributed by atoms with Crippen molar-refractivity contribution in [3.05, 3.63) is 30.7 Å². The number of hydrogen-bond acceptors (Lipinski definition) is 4. The molecule has 2 rings (SSSR count). The highest BCUT2D eigenvalue weighted by molar-refractivity contribution is 7.99. The van der Waals surface area contributed by atoms with Gasteiger partial charge in [-0.15, -0.1) is 0 Å². The van der Waals surface area contributed by atoms with Crippen molar-refractivity contribution in [3.8, 4) is 11.3 Å². The first-order valence-corrected chi connectivity index (χ1v) is 6.17. The van der Waals surface area contributed by atoms with Crippen molar-refractivity contribution in [2.75, 3.05) is 12.3 Å². The molecule has 4 nitrogen and oxygen atoms in total. The van der Waals surface area contributed by atoms with Crippen LogP contribution in [0.1, 0.15) is 6.42 Å². The average molecular weight is 234 g/mol. The van der Waals surface area contributed by atoms with Gasteiger partial charge in [0.15, 0.2) is 5.16 Å². The van der Waals surface area contributed by atoms with E-state index >= 15 is 0 Å². The molecule has 0 saturated heterocycles. The third-order valence-electron chi connectivity index (χ3n) is 2.11. The summed E-state index contributed by atoms with van der Waals surface area (Å²) in [4.78, 5) is 11.6. The monoisotopic (exact) mass is 234 g/mol. The van der Waals surface area contributed by atoms with E-state index in [9.17, 15) is 0 Å². The maximum atomic E-state index is 5.44. The molecule has 0 amide bonds. The van der Waals surface area contributed by atoms with Gasteiger partial charge in [-0.05, 0) is 25.1 Å². The average Bonchev–Trinajstić information content (AvgIpc) is 2.79. The third-order valence-corrected chi connectivity index (χ3v) is 3.09. The van der Waals surface area contributed by atoms with Gasteiger partial charge in [-0.2, -0.15) is 0 Å². The second-order valence-electron chi connectivity index (χ2n) is 3.33. The molecule has 16 heavy (non-hydrogen) atoms. The zero-order valence-corrected chi connectivity index (χ0v) is 9.70. The van der Waals surface area contributed by atoms with E-state index in [1.807, 2.05) is 24.5 Å². The highest BCUT2D eigenvalue weighted by atomic mass is 32.2. The van der Waals surface area contributed by atoms with Gasteiger partial charge >= 0.3 is 0 Å². The number of H-pyrrole nitrogens is 1. The maximum absolute atomic E-state index is 5.44. The van der Waals surface area contributed by atoms with Crippen LogP contribution in [0, 0.1) is 0 Å². The smallest absolute Gasteiger partial charge is 0.165 e. The van der Waals surface area contributed by atoms with E-state index in [0.29, 0.717) is 0 Å². The summed E-state index contributed by atoms with van der Waals surface area (Å²) in [5.74, 6) is 0.997. The van der Waals surface area contributed by atoms with Crippen LogP contribution >= 0.6 is 11.8 Å². The quantitative estimate of drug-likeness (QED) is 0.612. The number of imidazole rings is 1. The standard InChI is InChI=1S/C11H14N4S/c12-4-2-6-16-11-14-8-10(15-11)9-3-1-5-13-7-9/h1,3,5,7-8H,2,4,6,12H2,(H,14,15). The summed E-state index contributed by atoms with van der Waals surface area (Å²) in [6.07, 6.45) is 6.42. The van der Waals surface area contributed by atoms with Crippen molar-refractivity contribution in [2.45, 2.75) is 11.6 Å². The van der Waals surface area contributed by atoms with E-state index in [2.05, 4.69) is 15.0 Å². The van der Waals surface area contributed by atoms with Gasteiger partial charge in [-0.3, -0.25) is 4.98 Å². The minimum Gasteiger partial charge on any atom is -0.333 e. The summed E-state index contributed by atoms with van der Waals surface area (Å²) in [5.41, 5.74) is 7.50. The number of aromatic nitrogens is 3. The lowest BCUT2D eigenvalue weighted by Crippen LogP contribution is -1.99. The van der Waals surface area contributed by atoms with E-state index in [1.54, 1.807) is 18.0 Å². The van der Waals surface area contributed by atoms with Gasteiger partial charge in [-0.25, -0.2) is 4.98 Å². The lowest BCUT2D eigenvalue weighted by molar-refractivity contribution is 0.937. The van der Waals surface area contributed by atoms with Crippen LogP contribution in [0.2, 0.25) is 0 Å². The normalized spacial score (nSPS) is 10.6. The zero-order valence-electron chi connectivity index (χ0n) is 8.89. The number of pyridine rings is 1. The molecule has 0 spiro atoms. The lowest BCUT2D eigenvalue weighted by atomic mass is 10.2. The molecule has 0 aromatic carbocycles. The molecule has 0 saturated carbocycles. The van der Waals surface area contributed by atoms with Crippen LogP contribution in [0.15, 0.2) is 35.9 Å². The molecule has 2 heterocycles. The van der Waals surface area contributed by atoms with E-state index in [1.165, 1.54) is 0 Å². The van der Waals surface area contributed by atoms with Crippen LogP contribution in [-0.4, -0.2) is 27.2 Å². The number of nitrogens with zero attached hydrogens (tertiary/aromatic N) is 2. The lowest BCUT2D eigenvalue weighted by Gasteiger charge is -1.96. The molecule has 0 aliphatic carbocycles. The van der Waals surface area contributed by atoms with Gasteiger partial charge in [0.1, 0.15) is 0 Å². The minimum absolute atomic E-state index is 0.725. The van der Waals surface area contributed by atoms with Crippen LogP contribution in [0.3, 0.4) is 0 Å². The molecule has 2 aromatic rings. The number of rotatable bonds is 5. The highest BCUT2D eigenvalue weighted by Crippen LogP contribution is 2.20. The minimum atomic E-state index is 0.725. The van der Waals surface area contributed by atoms with E-state index < -0.39 is 0 Å². The predicted octanol–water partition coefficient (Wildman–Crippen LogP) is 1.91. The van der Waals surface area contributed by atoms with Crippen LogP contribution in [-0.2, 0) is 0 Å². The Morgan fingerprint density at radius 3 is 3.06 bits per heavy atom. The molecule has 0 unspecified atom stereocenters. The van der Waals surface area contributed by atoms with Crippen molar-refractivity contribution in [1.29, 1.82) is 0 Å². The Kier molecular flexibility index (Phi) is 3.96. The molecular weight excluding hydrogens is 220 g/mol. The topological polar surface area (TPSA) is 67.6 Å². The van der Waals surface area contributed by atoms with Crippen molar-refractivity contribution >= 4 is 11.8 Å². The van der Waals surface area contributed by atoms with Crippen molar-refractivity contribution in [2.24, 2.45) is 5.73 Å². The first-order valence-electron chi connectivity index (χ1n) is 5.18. The molecule has 0 radical (unpaired) electrons. The van der Waals surface area contributed by atoms with Crippen molar-refractivity contribution < 1.29 is 0 Å². The summed E-state index contributed by atoms with van der Waals surface area (Å²) in [6.45, 7) is 0.725. The second kappa shape index (κ2) is 5.67. The molecule has 0 atom stereocenters. The molecular formula is C11H14N4S. The summed E-state index contributed by atoms with van der Waals surface area (Å²) in [6, 6.07) is 3.92. The Bertz CT molecular complexity index is 427. The van der Waals surface area contributed by atoms with Crippen LogP contribution in [0.4, 0.5) is 0 Å². The summed E-state index contributed by atoms with van der Waals surface area (Å²) in [5, 5.41) is 0.937. The van der Waals surface area contributed by atoms with Gasteiger partial charge in [0.05, 0.1) is 11.9 Å². The molecule has 5 heteroatoms. The first kappa shape index (κ1) is 11.2. The molecule has 3 N–H and O–H groups in total. The zero-order chi connectivity index (χ0) is 11.2. The molecule has 0 fully saturated rings. The van der Waals surface area contributed by atoms with Crippen molar-refractivity contribution in [1.82, 2.24) is 15.0 Å². The van der Waals surface area contributed by atoms with E-state index in [0.717, 1.165) is 35.1 Å². The fourth-order valence-corrected chi connectivity index (χ4v) is 2.11. The number of nitrogens with one attached hydrogen (secondary N) is 1. The Balaban J connectivity index is 2.02. The van der Waals surface area contributed by atoms with E-state index in [-0.39, 0.29) is 0 Å².